The van der Waals surface area contributed by atoms with E-state index in [1.165, 1.54) is 4.57 Å². The Balaban J connectivity index is 2.23. The first-order valence-corrected chi connectivity index (χ1v) is 4.96. The molecule has 16 heavy (non-hydrogen) atoms. The normalized spacial score (nSPS) is 19.8. The SMILES string of the molecule is CC1=CC(n2c(=O)oc3ccccc32)ON1. The maximum Gasteiger partial charge on any atom is 0.422 e. The van der Waals surface area contributed by atoms with Crippen molar-refractivity contribution in [2.24, 2.45) is 0 Å². The first kappa shape index (κ1) is 9.23. The van der Waals surface area contributed by atoms with E-state index in [1.54, 1.807) is 6.07 Å². The molecule has 2 aromatic rings. The molecule has 82 valence electrons. The summed E-state index contributed by atoms with van der Waals surface area (Å²) in [5.74, 6) is -0.418. The summed E-state index contributed by atoms with van der Waals surface area (Å²) in [6.07, 6.45) is 1.37. The highest BCUT2D eigenvalue weighted by molar-refractivity contribution is 5.72. The Morgan fingerprint density at radius 1 is 1.38 bits per heavy atom. The lowest BCUT2D eigenvalue weighted by Gasteiger charge is -2.07. The summed E-state index contributed by atoms with van der Waals surface area (Å²) in [6, 6.07) is 7.26. The number of hydrogen-bond donors (Lipinski definition) is 1. The van der Waals surface area contributed by atoms with Gasteiger partial charge < -0.3 is 4.42 Å². The number of nitrogens with zero attached hydrogens (tertiary/aromatic N) is 1. The molecule has 3 rings (SSSR count). The van der Waals surface area contributed by atoms with Gasteiger partial charge in [0.1, 0.15) is 0 Å². The third kappa shape index (κ3) is 1.25. The van der Waals surface area contributed by atoms with E-state index < -0.39 is 12.0 Å². The Morgan fingerprint density at radius 3 is 2.94 bits per heavy atom. The van der Waals surface area contributed by atoms with Gasteiger partial charge in [0.05, 0.1) is 5.52 Å². The molecule has 0 bridgehead atoms. The molecule has 0 fully saturated rings. The fraction of sp³-hybridized carbons (Fsp3) is 0.182. The molecule has 0 saturated carbocycles. The van der Waals surface area contributed by atoms with E-state index in [0.29, 0.717) is 5.58 Å². The van der Waals surface area contributed by atoms with Crippen LogP contribution in [0.1, 0.15) is 13.2 Å². The van der Waals surface area contributed by atoms with Crippen LogP contribution in [0, 0.1) is 0 Å². The standard InChI is InChI=1S/C11H10N2O3/c1-7-6-10(16-12-7)13-8-4-2-3-5-9(8)15-11(13)14/h2-6,10,12H,1H3. The highest BCUT2D eigenvalue weighted by atomic mass is 16.7. The first-order valence-electron chi connectivity index (χ1n) is 4.96. The Kier molecular flexibility index (Phi) is 1.87. The zero-order valence-corrected chi connectivity index (χ0v) is 8.64. The van der Waals surface area contributed by atoms with Crippen molar-refractivity contribution in [3.8, 4) is 0 Å². The van der Waals surface area contributed by atoms with E-state index >= 15 is 0 Å². The van der Waals surface area contributed by atoms with Crippen LogP contribution >= 0.6 is 0 Å². The lowest BCUT2D eigenvalue weighted by Crippen LogP contribution is -2.21. The average molecular weight is 218 g/mol. The molecule has 0 amide bonds. The monoisotopic (exact) mass is 218 g/mol. The molecule has 1 aliphatic heterocycles. The molecule has 1 N–H and O–H groups in total. The zero-order valence-electron chi connectivity index (χ0n) is 8.64. The van der Waals surface area contributed by atoms with Crippen LogP contribution in [0.2, 0.25) is 0 Å². The van der Waals surface area contributed by atoms with Crippen molar-refractivity contribution < 1.29 is 9.25 Å². The Hall–Kier alpha value is -2.01. The van der Waals surface area contributed by atoms with Gasteiger partial charge in [-0.1, -0.05) is 12.1 Å². The quantitative estimate of drug-likeness (QED) is 0.788. The van der Waals surface area contributed by atoms with Crippen molar-refractivity contribution in [3.63, 3.8) is 0 Å². The van der Waals surface area contributed by atoms with Gasteiger partial charge in [0.2, 0.25) is 0 Å². The predicted octanol–water partition coefficient (Wildman–Crippen LogP) is 1.53. The summed E-state index contributed by atoms with van der Waals surface area (Å²) in [7, 11) is 0. The molecule has 5 nitrogen and oxygen atoms in total. The van der Waals surface area contributed by atoms with Gasteiger partial charge in [-0.2, -0.15) is 0 Å². The summed E-state index contributed by atoms with van der Waals surface area (Å²) < 4.78 is 6.59. The molecule has 1 aliphatic rings. The minimum Gasteiger partial charge on any atom is -0.408 e. The largest absolute Gasteiger partial charge is 0.422 e. The summed E-state index contributed by atoms with van der Waals surface area (Å²) in [5.41, 5.74) is 4.88. The summed E-state index contributed by atoms with van der Waals surface area (Å²) in [6.45, 7) is 1.87. The van der Waals surface area contributed by atoms with Crippen molar-refractivity contribution in [1.82, 2.24) is 10.0 Å². The second-order valence-corrected chi connectivity index (χ2v) is 3.67. The maximum atomic E-state index is 11.7. The van der Waals surface area contributed by atoms with E-state index in [9.17, 15) is 4.79 Å². The van der Waals surface area contributed by atoms with E-state index in [4.69, 9.17) is 9.25 Å². The molecule has 0 saturated heterocycles. The van der Waals surface area contributed by atoms with Crippen LogP contribution in [0.25, 0.3) is 11.1 Å². The van der Waals surface area contributed by atoms with E-state index in [-0.39, 0.29) is 0 Å². The van der Waals surface area contributed by atoms with Crippen molar-refractivity contribution in [3.05, 3.63) is 46.6 Å². The number of hydrogen-bond acceptors (Lipinski definition) is 4. The molecular weight excluding hydrogens is 208 g/mol. The van der Waals surface area contributed by atoms with Gasteiger partial charge in [0.15, 0.2) is 11.8 Å². The van der Waals surface area contributed by atoms with Crippen LogP contribution < -0.4 is 11.2 Å². The lowest BCUT2D eigenvalue weighted by molar-refractivity contribution is 0.0000185. The number of rotatable bonds is 1. The second-order valence-electron chi connectivity index (χ2n) is 3.67. The van der Waals surface area contributed by atoms with E-state index in [2.05, 4.69) is 5.48 Å². The molecule has 0 aliphatic carbocycles. The first-order chi connectivity index (χ1) is 7.75. The molecular formula is C11H10N2O3. The fourth-order valence-corrected chi connectivity index (χ4v) is 1.79. The number of aromatic nitrogens is 1. The molecule has 2 heterocycles. The summed E-state index contributed by atoms with van der Waals surface area (Å²) in [5, 5.41) is 0. The summed E-state index contributed by atoms with van der Waals surface area (Å²) in [4.78, 5) is 17.0. The van der Waals surface area contributed by atoms with E-state index in [0.717, 1.165) is 11.2 Å². The van der Waals surface area contributed by atoms with Crippen LogP contribution in [0.15, 0.2) is 45.3 Å². The van der Waals surface area contributed by atoms with Crippen molar-refractivity contribution in [1.29, 1.82) is 0 Å². The average Bonchev–Trinajstić information content (AvgIpc) is 2.80. The molecule has 1 unspecified atom stereocenters. The number of para-hydroxylation sites is 2. The lowest BCUT2D eigenvalue weighted by atomic mass is 10.3. The van der Waals surface area contributed by atoms with Crippen molar-refractivity contribution in [2.45, 2.75) is 13.2 Å². The number of nitrogens with one attached hydrogen (secondary N) is 1. The number of allylic oxidation sites excluding steroid dienone is 1. The molecule has 5 heteroatoms. The van der Waals surface area contributed by atoms with Crippen LogP contribution in [0.3, 0.4) is 0 Å². The molecule has 0 radical (unpaired) electrons. The van der Waals surface area contributed by atoms with E-state index in [1.807, 2.05) is 31.2 Å². The molecule has 0 spiro atoms. The van der Waals surface area contributed by atoms with Crippen LogP contribution in [-0.2, 0) is 4.84 Å². The van der Waals surface area contributed by atoms with Crippen LogP contribution in [0.5, 0.6) is 0 Å². The predicted molar refractivity (Wildman–Crippen MR) is 57.5 cm³/mol. The number of oxazole rings is 1. The maximum absolute atomic E-state index is 11.7. The number of benzene rings is 1. The Labute approximate surface area is 90.9 Å². The number of hydroxylamine groups is 1. The van der Waals surface area contributed by atoms with Gasteiger partial charge in [-0.3, -0.25) is 5.48 Å². The van der Waals surface area contributed by atoms with Crippen molar-refractivity contribution >= 4 is 11.1 Å². The zero-order chi connectivity index (χ0) is 11.1. The number of fused-ring (bicyclic) bond motifs is 1. The molecule has 1 aromatic carbocycles. The Bertz CT molecular complexity index is 623. The third-order valence-corrected chi connectivity index (χ3v) is 2.51. The minimum absolute atomic E-state index is 0.418. The fourth-order valence-electron chi connectivity index (χ4n) is 1.79. The smallest absolute Gasteiger partial charge is 0.408 e. The third-order valence-electron chi connectivity index (χ3n) is 2.51. The van der Waals surface area contributed by atoms with Gasteiger partial charge in [0.25, 0.3) is 0 Å². The Morgan fingerprint density at radius 2 is 2.19 bits per heavy atom. The van der Waals surface area contributed by atoms with Crippen LogP contribution in [0.4, 0.5) is 0 Å². The second kappa shape index (κ2) is 3.24. The highest BCUT2D eigenvalue weighted by Gasteiger charge is 2.21. The van der Waals surface area contributed by atoms with Gasteiger partial charge in [0, 0.05) is 5.70 Å². The summed E-state index contributed by atoms with van der Waals surface area (Å²) >= 11 is 0. The minimum atomic E-state index is -0.448. The van der Waals surface area contributed by atoms with Gasteiger partial charge >= 0.3 is 5.76 Å². The van der Waals surface area contributed by atoms with Gasteiger partial charge in [-0.15, -0.1) is 0 Å². The molecule has 1 aromatic heterocycles. The van der Waals surface area contributed by atoms with Crippen LogP contribution in [-0.4, -0.2) is 4.57 Å². The van der Waals surface area contributed by atoms with Gasteiger partial charge in [-0.25, -0.2) is 14.2 Å². The molecule has 1 atom stereocenters. The topological polar surface area (TPSA) is 56.4 Å². The highest BCUT2D eigenvalue weighted by Crippen LogP contribution is 2.21. The van der Waals surface area contributed by atoms with Gasteiger partial charge in [-0.05, 0) is 25.1 Å². The van der Waals surface area contributed by atoms with Crippen molar-refractivity contribution in [2.75, 3.05) is 0 Å².